The third kappa shape index (κ3) is 4.36. The van der Waals surface area contributed by atoms with E-state index in [1.165, 1.54) is 17.0 Å². The van der Waals surface area contributed by atoms with E-state index in [2.05, 4.69) is 9.97 Å². The maximum absolute atomic E-state index is 13.2. The van der Waals surface area contributed by atoms with E-state index in [0.29, 0.717) is 0 Å². The molecule has 1 aromatic carbocycles. The Morgan fingerprint density at radius 1 is 1.24 bits per heavy atom. The van der Waals surface area contributed by atoms with Crippen LogP contribution in [0.15, 0.2) is 30.6 Å². The highest BCUT2D eigenvalue weighted by atomic mass is 19.4. The lowest BCUT2D eigenvalue weighted by molar-refractivity contribution is -0.385. The average Bonchev–Trinajstić information content (AvgIpc) is 2.67. The van der Waals surface area contributed by atoms with Crippen molar-refractivity contribution in [2.45, 2.75) is 19.0 Å². The molecule has 0 saturated carbocycles. The Morgan fingerprint density at radius 3 is 2.48 bits per heavy atom. The van der Waals surface area contributed by atoms with Crippen LogP contribution >= 0.6 is 0 Å². The van der Waals surface area contributed by atoms with Crippen molar-refractivity contribution in [3.05, 3.63) is 46.3 Å². The number of carboxylic acids is 1. The first-order valence-electron chi connectivity index (χ1n) is 8.49. The second kappa shape index (κ2) is 7.89. The first-order chi connectivity index (χ1) is 13.7. The van der Waals surface area contributed by atoms with Crippen molar-refractivity contribution in [1.29, 1.82) is 0 Å². The number of nitro groups is 1. The molecular formula is C17H15F3N4O5. The number of ether oxygens (including phenoxy) is 1. The predicted octanol–water partition coefficient (Wildman–Crippen LogP) is 3.50. The molecule has 1 saturated heterocycles. The van der Waals surface area contributed by atoms with Gasteiger partial charge in [0.25, 0.3) is 0 Å². The molecule has 12 heteroatoms. The molecule has 0 bridgehead atoms. The van der Waals surface area contributed by atoms with Gasteiger partial charge in [-0.05, 0) is 25.0 Å². The van der Waals surface area contributed by atoms with E-state index >= 15 is 0 Å². The van der Waals surface area contributed by atoms with Crippen LogP contribution in [-0.2, 0) is 11.0 Å². The number of nitrogens with zero attached hydrogens (tertiary/aromatic N) is 4. The van der Waals surface area contributed by atoms with E-state index in [9.17, 15) is 28.1 Å². The molecule has 29 heavy (non-hydrogen) atoms. The second-order valence-corrected chi connectivity index (χ2v) is 6.30. The van der Waals surface area contributed by atoms with Crippen LogP contribution in [0.1, 0.15) is 18.4 Å². The molecule has 1 fully saturated rings. The first kappa shape index (κ1) is 20.3. The number of hydrogen-bond donors (Lipinski definition) is 1. The molecule has 1 aromatic heterocycles. The number of carbonyl (C=O) groups is 1. The third-order valence-electron chi connectivity index (χ3n) is 4.49. The second-order valence-electron chi connectivity index (χ2n) is 6.30. The van der Waals surface area contributed by atoms with Crippen LogP contribution in [0, 0.1) is 16.0 Å². The number of aromatic nitrogens is 2. The Labute approximate surface area is 161 Å². The third-order valence-corrected chi connectivity index (χ3v) is 4.49. The van der Waals surface area contributed by atoms with Gasteiger partial charge < -0.3 is 14.7 Å². The molecule has 1 aliphatic heterocycles. The minimum Gasteiger partial charge on any atom is -0.481 e. The predicted molar refractivity (Wildman–Crippen MR) is 92.8 cm³/mol. The van der Waals surface area contributed by atoms with Gasteiger partial charge in [0.1, 0.15) is 12.1 Å². The van der Waals surface area contributed by atoms with Gasteiger partial charge in [0, 0.05) is 13.1 Å². The zero-order valence-corrected chi connectivity index (χ0v) is 14.8. The smallest absolute Gasteiger partial charge is 0.419 e. The number of alkyl halides is 3. The number of halogens is 3. The highest BCUT2D eigenvalue weighted by Crippen LogP contribution is 2.41. The topological polar surface area (TPSA) is 119 Å². The van der Waals surface area contributed by atoms with Gasteiger partial charge in [-0.2, -0.15) is 18.2 Å². The molecule has 154 valence electrons. The SMILES string of the molecule is O=C(O)C1CCN(c2ncnc(Oc3ccccc3C(F)(F)F)c2[N+](=O)[O-])CC1. The van der Waals surface area contributed by atoms with E-state index in [0.717, 1.165) is 18.5 Å². The van der Waals surface area contributed by atoms with Crippen LogP contribution < -0.4 is 9.64 Å². The molecular weight excluding hydrogens is 397 g/mol. The Hall–Kier alpha value is -3.44. The van der Waals surface area contributed by atoms with Crippen LogP contribution in [0.3, 0.4) is 0 Å². The van der Waals surface area contributed by atoms with Gasteiger partial charge in [0.15, 0.2) is 0 Å². The summed E-state index contributed by atoms with van der Waals surface area (Å²) in [6, 6.07) is 4.30. The van der Waals surface area contributed by atoms with Crippen molar-refractivity contribution in [3.8, 4) is 11.6 Å². The van der Waals surface area contributed by atoms with Crippen molar-refractivity contribution < 1.29 is 32.7 Å². The molecule has 2 heterocycles. The highest BCUT2D eigenvalue weighted by molar-refractivity contribution is 5.71. The Kier molecular flexibility index (Phi) is 5.52. The number of benzene rings is 1. The van der Waals surface area contributed by atoms with Crippen LogP contribution in [0.4, 0.5) is 24.7 Å². The van der Waals surface area contributed by atoms with Crippen molar-refractivity contribution in [2.75, 3.05) is 18.0 Å². The Bertz CT molecular complexity index is 930. The number of piperidine rings is 1. The number of carboxylic acid groups (broad SMARTS) is 1. The first-order valence-corrected chi connectivity index (χ1v) is 8.49. The van der Waals surface area contributed by atoms with Crippen molar-refractivity contribution in [1.82, 2.24) is 9.97 Å². The molecule has 0 atom stereocenters. The van der Waals surface area contributed by atoms with Gasteiger partial charge in [-0.3, -0.25) is 14.9 Å². The summed E-state index contributed by atoms with van der Waals surface area (Å²) in [6.45, 7) is 0.376. The van der Waals surface area contributed by atoms with Crippen LogP contribution in [0.25, 0.3) is 0 Å². The maximum atomic E-state index is 13.2. The zero-order chi connectivity index (χ0) is 21.2. The Balaban J connectivity index is 1.95. The van der Waals surface area contributed by atoms with Crippen LogP contribution in [-0.4, -0.2) is 39.1 Å². The molecule has 1 N–H and O–H groups in total. The van der Waals surface area contributed by atoms with Crippen LogP contribution in [0.5, 0.6) is 11.6 Å². The fourth-order valence-corrected chi connectivity index (χ4v) is 3.05. The van der Waals surface area contributed by atoms with Crippen molar-refractivity contribution in [3.63, 3.8) is 0 Å². The molecule has 2 aromatic rings. The monoisotopic (exact) mass is 412 g/mol. The maximum Gasteiger partial charge on any atom is 0.419 e. The van der Waals surface area contributed by atoms with E-state index in [-0.39, 0.29) is 31.7 Å². The minimum absolute atomic E-state index is 0.131. The summed E-state index contributed by atoms with van der Waals surface area (Å²) in [5, 5.41) is 20.7. The lowest BCUT2D eigenvalue weighted by Crippen LogP contribution is -2.37. The molecule has 0 unspecified atom stereocenters. The fraction of sp³-hybridized carbons (Fsp3) is 0.353. The molecule has 0 aliphatic carbocycles. The summed E-state index contributed by atoms with van der Waals surface area (Å²) >= 11 is 0. The molecule has 1 aliphatic rings. The number of aliphatic carboxylic acids is 1. The molecule has 9 nitrogen and oxygen atoms in total. The van der Waals surface area contributed by atoms with Gasteiger partial charge >= 0.3 is 23.7 Å². The lowest BCUT2D eigenvalue weighted by Gasteiger charge is -2.30. The fourth-order valence-electron chi connectivity index (χ4n) is 3.05. The van der Waals surface area contributed by atoms with E-state index in [1.54, 1.807) is 0 Å². The molecule has 0 radical (unpaired) electrons. The number of para-hydroxylation sites is 1. The number of hydrogen-bond acceptors (Lipinski definition) is 7. The van der Waals surface area contributed by atoms with Gasteiger partial charge in [0.2, 0.25) is 5.82 Å². The number of rotatable bonds is 5. The van der Waals surface area contributed by atoms with Gasteiger partial charge in [0.05, 0.1) is 16.4 Å². The summed E-state index contributed by atoms with van der Waals surface area (Å²) in [6.07, 6.45) is -3.26. The van der Waals surface area contributed by atoms with Crippen molar-refractivity contribution >= 4 is 17.5 Å². The van der Waals surface area contributed by atoms with Crippen LogP contribution in [0.2, 0.25) is 0 Å². The molecule has 3 rings (SSSR count). The van der Waals surface area contributed by atoms with Crippen molar-refractivity contribution in [2.24, 2.45) is 5.92 Å². The average molecular weight is 412 g/mol. The highest BCUT2D eigenvalue weighted by Gasteiger charge is 2.36. The summed E-state index contributed by atoms with van der Waals surface area (Å²) < 4.78 is 44.7. The standard InChI is InChI=1S/C17H15F3N4O5/c18-17(19,20)11-3-1-2-4-12(11)29-15-13(24(27)28)14(21-9-22-15)23-7-5-10(6-8-23)16(25)26/h1-4,9-10H,5-8H2,(H,25,26). The van der Waals surface area contributed by atoms with Gasteiger partial charge in [-0.25, -0.2) is 4.98 Å². The van der Waals surface area contributed by atoms with Gasteiger partial charge in [-0.15, -0.1) is 0 Å². The number of anilines is 1. The summed E-state index contributed by atoms with van der Waals surface area (Å²) in [7, 11) is 0. The Morgan fingerprint density at radius 2 is 1.90 bits per heavy atom. The van der Waals surface area contributed by atoms with E-state index < -0.39 is 45.9 Å². The molecule has 0 amide bonds. The normalized spacial score (nSPS) is 15.2. The quantitative estimate of drug-likeness (QED) is 0.586. The van der Waals surface area contributed by atoms with Gasteiger partial charge in [-0.1, -0.05) is 12.1 Å². The summed E-state index contributed by atoms with van der Waals surface area (Å²) in [5.74, 6) is -2.90. The summed E-state index contributed by atoms with van der Waals surface area (Å²) in [5.41, 5.74) is -1.78. The zero-order valence-electron chi connectivity index (χ0n) is 14.8. The lowest BCUT2D eigenvalue weighted by atomic mass is 9.97. The van der Waals surface area contributed by atoms with E-state index in [4.69, 9.17) is 9.84 Å². The van der Waals surface area contributed by atoms with E-state index in [1.807, 2.05) is 0 Å². The largest absolute Gasteiger partial charge is 0.481 e. The summed E-state index contributed by atoms with van der Waals surface area (Å²) in [4.78, 5) is 30.9. The minimum atomic E-state index is -4.72. The molecule has 0 spiro atoms.